The fraction of sp³-hybridized carbons (Fsp3) is 0.375. The van der Waals surface area contributed by atoms with E-state index in [4.69, 9.17) is 4.42 Å². The highest BCUT2D eigenvalue weighted by atomic mass is 16.3. The second kappa shape index (κ2) is 12.5. The van der Waals surface area contributed by atoms with Crippen molar-refractivity contribution in [1.82, 2.24) is 29.4 Å². The van der Waals surface area contributed by atoms with Gasteiger partial charge in [-0.2, -0.15) is 0 Å². The predicted octanol–water partition coefficient (Wildman–Crippen LogP) is 4.37. The van der Waals surface area contributed by atoms with Crippen LogP contribution in [0.25, 0.3) is 16.7 Å². The van der Waals surface area contributed by atoms with Gasteiger partial charge in [-0.3, -0.25) is 23.5 Å². The summed E-state index contributed by atoms with van der Waals surface area (Å²) in [5.74, 6) is 2.11. The molecule has 1 saturated carbocycles. The normalized spacial score (nSPS) is 14.0. The Bertz CT molecular complexity index is 1650. The number of furan rings is 1. The zero-order valence-electron chi connectivity index (χ0n) is 23.2. The molecule has 41 heavy (non-hydrogen) atoms. The summed E-state index contributed by atoms with van der Waals surface area (Å²) in [5.41, 5.74) is 1.83. The third kappa shape index (κ3) is 6.10. The second-order valence-electron chi connectivity index (χ2n) is 10.8. The van der Waals surface area contributed by atoms with E-state index < -0.39 is 0 Å². The van der Waals surface area contributed by atoms with E-state index in [9.17, 15) is 9.59 Å². The highest BCUT2D eigenvalue weighted by Gasteiger charge is 2.23. The highest BCUT2D eigenvalue weighted by molar-refractivity contribution is 5.80. The van der Waals surface area contributed by atoms with Crippen LogP contribution in [0.2, 0.25) is 0 Å². The minimum atomic E-state index is -0.0814. The molecule has 3 heterocycles. The zero-order valence-corrected chi connectivity index (χ0v) is 23.2. The van der Waals surface area contributed by atoms with Gasteiger partial charge in [0.1, 0.15) is 11.6 Å². The fourth-order valence-corrected chi connectivity index (χ4v) is 5.98. The van der Waals surface area contributed by atoms with Crippen molar-refractivity contribution < 1.29 is 9.21 Å². The van der Waals surface area contributed by atoms with Crippen molar-refractivity contribution in [3.63, 3.8) is 0 Å². The van der Waals surface area contributed by atoms with Crippen molar-refractivity contribution >= 4 is 22.6 Å². The number of aromatic nitrogens is 4. The van der Waals surface area contributed by atoms with Gasteiger partial charge < -0.3 is 9.73 Å². The molecule has 1 aliphatic carbocycles. The number of para-hydroxylation sites is 1. The summed E-state index contributed by atoms with van der Waals surface area (Å²) in [7, 11) is 0. The molecule has 1 amide bonds. The summed E-state index contributed by atoms with van der Waals surface area (Å²) in [5, 5.41) is 12.6. The van der Waals surface area contributed by atoms with E-state index in [-0.39, 0.29) is 11.5 Å². The van der Waals surface area contributed by atoms with Crippen LogP contribution < -0.4 is 10.9 Å². The molecule has 0 bridgehead atoms. The molecule has 0 spiro atoms. The van der Waals surface area contributed by atoms with Gasteiger partial charge in [-0.25, -0.2) is 0 Å². The topological polar surface area (TPSA) is 97.7 Å². The van der Waals surface area contributed by atoms with Crippen LogP contribution in [0.1, 0.15) is 49.3 Å². The van der Waals surface area contributed by atoms with Crippen LogP contribution in [0, 0.1) is 0 Å². The van der Waals surface area contributed by atoms with Crippen molar-refractivity contribution in [2.24, 2.45) is 0 Å². The number of hydrogen-bond donors (Lipinski definition) is 1. The molecular weight excluding hydrogens is 516 g/mol. The van der Waals surface area contributed by atoms with Crippen molar-refractivity contribution in [1.29, 1.82) is 0 Å². The molecule has 1 N–H and O–H groups in total. The van der Waals surface area contributed by atoms with E-state index in [1.165, 1.54) is 25.7 Å². The fourth-order valence-electron chi connectivity index (χ4n) is 5.98. The third-order valence-electron chi connectivity index (χ3n) is 8.12. The number of carbonyl (C=O) groups is 1. The van der Waals surface area contributed by atoms with Crippen molar-refractivity contribution in [2.45, 2.75) is 64.1 Å². The smallest absolute Gasteiger partial charge is 0.262 e. The van der Waals surface area contributed by atoms with Gasteiger partial charge in [0.15, 0.2) is 0 Å². The van der Waals surface area contributed by atoms with Crippen LogP contribution in [-0.4, -0.2) is 49.1 Å². The molecular formula is C32H36N6O3. The highest BCUT2D eigenvalue weighted by Crippen LogP contribution is 2.25. The van der Waals surface area contributed by atoms with Gasteiger partial charge in [0, 0.05) is 38.5 Å². The Morgan fingerprint density at radius 2 is 1.78 bits per heavy atom. The SMILES string of the molecule is O=C(CCc1nnc2n(CCc3ccccc3)c(=O)c3ccccc3n12)NCCN(Cc1ccco1)C1CCCC1. The largest absolute Gasteiger partial charge is 0.468 e. The summed E-state index contributed by atoms with van der Waals surface area (Å²) in [6, 6.07) is 22.1. The molecule has 0 radical (unpaired) electrons. The molecule has 2 aromatic carbocycles. The first-order valence-corrected chi connectivity index (χ1v) is 14.6. The molecule has 1 fully saturated rings. The molecule has 0 atom stereocenters. The standard InChI is InChI=1S/C32H36N6O3/c39-30(33-19-21-36(25-11-4-5-12-25)23-26-13-8-22-41-26)17-16-29-34-35-32-37(20-18-24-9-2-1-3-10-24)31(40)27-14-6-7-15-28(27)38(29)32/h1-3,6-10,13-15,22,25H,4-5,11-12,16-21,23H2,(H,33,39). The number of aryl methyl sites for hydroxylation is 3. The number of carbonyl (C=O) groups excluding carboxylic acids is 1. The Morgan fingerprint density at radius 1 is 0.976 bits per heavy atom. The van der Waals surface area contributed by atoms with E-state index >= 15 is 0 Å². The van der Waals surface area contributed by atoms with Crippen LogP contribution in [0.3, 0.4) is 0 Å². The van der Waals surface area contributed by atoms with Gasteiger partial charge in [-0.05, 0) is 49.1 Å². The van der Waals surface area contributed by atoms with Crippen LogP contribution in [0.15, 0.2) is 82.2 Å². The summed E-state index contributed by atoms with van der Waals surface area (Å²) in [4.78, 5) is 28.7. The molecule has 0 aliphatic heterocycles. The van der Waals surface area contributed by atoms with Gasteiger partial charge in [0.05, 0.1) is 23.7 Å². The van der Waals surface area contributed by atoms with Crippen LogP contribution >= 0.6 is 0 Å². The summed E-state index contributed by atoms with van der Waals surface area (Å²) in [6.45, 7) is 2.62. The third-order valence-corrected chi connectivity index (χ3v) is 8.12. The average molecular weight is 553 g/mol. The maximum Gasteiger partial charge on any atom is 0.262 e. The van der Waals surface area contributed by atoms with Gasteiger partial charge >= 0.3 is 0 Å². The average Bonchev–Trinajstić information content (AvgIpc) is 3.79. The monoisotopic (exact) mass is 552 g/mol. The number of amides is 1. The quantitative estimate of drug-likeness (QED) is 0.247. The molecule has 1 aliphatic rings. The van der Waals surface area contributed by atoms with Crippen molar-refractivity contribution in [3.05, 3.63) is 100 Å². The molecule has 3 aromatic heterocycles. The Morgan fingerprint density at radius 3 is 2.59 bits per heavy atom. The molecule has 0 unspecified atom stereocenters. The lowest BCUT2D eigenvalue weighted by atomic mass is 10.1. The maximum atomic E-state index is 13.4. The van der Waals surface area contributed by atoms with Crippen LogP contribution in [0.5, 0.6) is 0 Å². The maximum absolute atomic E-state index is 13.4. The lowest BCUT2D eigenvalue weighted by Gasteiger charge is -2.28. The van der Waals surface area contributed by atoms with Crippen LogP contribution in [0.4, 0.5) is 0 Å². The predicted molar refractivity (Wildman–Crippen MR) is 158 cm³/mol. The number of fused-ring (bicyclic) bond motifs is 3. The van der Waals surface area contributed by atoms with Crippen LogP contribution in [-0.2, 0) is 30.7 Å². The summed E-state index contributed by atoms with van der Waals surface area (Å²) in [6.07, 6.45) is 8.03. The number of nitrogens with zero attached hydrogens (tertiary/aromatic N) is 5. The van der Waals surface area contributed by atoms with Gasteiger partial charge in [-0.15, -0.1) is 10.2 Å². The summed E-state index contributed by atoms with van der Waals surface area (Å²) < 4.78 is 9.21. The lowest BCUT2D eigenvalue weighted by molar-refractivity contribution is -0.121. The molecule has 9 nitrogen and oxygen atoms in total. The number of nitrogens with one attached hydrogen (secondary N) is 1. The number of rotatable bonds is 12. The van der Waals surface area contributed by atoms with Gasteiger partial charge in [0.25, 0.3) is 5.56 Å². The summed E-state index contributed by atoms with van der Waals surface area (Å²) >= 11 is 0. The minimum Gasteiger partial charge on any atom is -0.468 e. The van der Waals surface area contributed by atoms with E-state index in [0.717, 1.165) is 29.9 Å². The lowest BCUT2D eigenvalue weighted by Crippen LogP contribution is -2.39. The van der Waals surface area contributed by atoms with E-state index in [1.807, 2.05) is 59.0 Å². The molecule has 9 heteroatoms. The van der Waals surface area contributed by atoms with E-state index in [0.29, 0.717) is 55.4 Å². The van der Waals surface area contributed by atoms with Crippen molar-refractivity contribution in [3.8, 4) is 0 Å². The first-order chi connectivity index (χ1) is 20.2. The Kier molecular flexibility index (Phi) is 8.23. The van der Waals surface area contributed by atoms with Gasteiger partial charge in [0.2, 0.25) is 11.7 Å². The molecule has 5 aromatic rings. The van der Waals surface area contributed by atoms with Gasteiger partial charge in [-0.1, -0.05) is 55.3 Å². The second-order valence-corrected chi connectivity index (χ2v) is 10.8. The molecule has 212 valence electrons. The van der Waals surface area contributed by atoms with E-state index in [1.54, 1.807) is 10.8 Å². The Hall–Kier alpha value is -4.24. The molecule has 0 saturated heterocycles. The molecule has 6 rings (SSSR count). The Balaban J connectivity index is 1.13. The minimum absolute atomic E-state index is 0.0205. The zero-order chi connectivity index (χ0) is 28.0. The number of hydrogen-bond acceptors (Lipinski definition) is 6. The Labute approximate surface area is 238 Å². The first kappa shape index (κ1) is 27.0. The number of benzene rings is 2. The van der Waals surface area contributed by atoms with E-state index in [2.05, 4.69) is 32.5 Å². The first-order valence-electron chi connectivity index (χ1n) is 14.6. The van der Waals surface area contributed by atoms with Crippen molar-refractivity contribution in [2.75, 3.05) is 13.1 Å².